The Morgan fingerprint density at radius 3 is 2.68 bits per heavy atom. The third-order valence-electron chi connectivity index (χ3n) is 7.43. The molecule has 5 rings (SSSR count). The number of aryl methyl sites for hydroxylation is 1. The van der Waals surface area contributed by atoms with Gasteiger partial charge >= 0.3 is 0 Å². The zero-order valence-corrected chi connectivity index (χ0v) is 21.7. The number of aromatic nitrogens is 3. The lowest BCUT2D eigenvalue weighted by Crippen LogP contribution is -2.37. The van der Waals surface area contributed by atoms with E-state index >= 15 is 0 Å². The number of benzene rings is 1. The van der Waals surface area contributed by atoms with E-state index in [1.807, 2.05) is 16.8 Å². The third-order valence-corrected chi connectivity index (χ3v) is 7.74. The van der Waals surface area contributed by atoms with Crippen LogP contribution in [0.25, 0.3) is 21.8 Å². The lowest BCUT2D eigenvalue weighted by molar-refractivity contribution is -0.224. The van der Waals surface area contributed by atoms with Crippen molar-refractivity contribution in [2.75, 3.05) is 11.5 Å². The summed E-state index contributed by atoms with van der Waals surface area (Å²) in [5, 5.41) is 11.6. The van der Waals surface area contributed by atoms with Gasteiger partial charge in [-0.15, -0.1) is 0 Å². The molecule has 3 heterocycles. The van der Waals surface area contributed by atoms with Crippen molar-refractivity contribution in [3.05, 3.63) is 58.9 Å². The van der Waals surface area contributed by atoms with Gasteiger partial charge in [0.2, 0.25) is 0 Å². The number of nitrogens with zero attached hydrogens (tertiary/aromatic N) is 3. The third kappa shape index (κ3) is 4.83. The minimum Gasteiger partial charge on any atom is -0.383 e. The molecule has 4 aromatic rings. The minimum absolute atomic E-state index is 0.0944. The number of halogens is 3. The average molecular weight is 530 g/mol. The quantitative estimate of drug-likeness (QED) is 0.273. The fourth-order valence-corrected chi connectivity index (χ4v) is 5.77. The average Bonchev–Trinajstić information content (AvgIpc) is 3.38. The molecule has 1 fully saturated rings. The summed E-state index contributed by atoms with van der Waals surface area (Å²) in [6, 6.07) is 6.46. The maximum absolute atomic E-state index is 14.9. The first kappa shape index (κ1) is 25.6. The van der Waals surface area contributed by atoms with Crippen LogP contribution in [-0.2, 0) is 11.2 Å². The van der Waals surface area contributed by atoms with Gasteiger partial charge in [0.15, 0.2) is 11.6 Å². The van der Waals surface area contributed by atoms with Crippen LogP contribution in [0.3, 0.4) is 0 Å². The number of nitrogen functional groups attached to an aromatic ring is 2. The van der Waals surface area contributed by atoms with E-state index in [-0.39, 0.29) is 28.8 Å². The molecular formula is C27H30ClF2N5O2. The summed E-state index contributed by atoms with van der Waals surface area (Å²) in [5.41, 5.74) is 13.0. The van der Waals surface area contributed by atoms with Crippen molar-refractivity contribution in [3.8, 4) is 0 Å². The molecule has 0 saturated heterocycles. The number of nitrogens with two attached hydrogens (primary N) is 2. The van der Waals surface area contributed by atoms with Crippen molar-refractivity contribution < 1.29 is 18.6 Å². The van der Waals surface area contributed by atoms with Gasteiger partial charge in [-0.25, -0.2) is 18.7 Å². The lowest BCUT2D eigenvalue weighted by atomic mass is 9.80. The fourth-order valence-electron chi connectivity index (χ4n) is 5.62. The number of ether oxygens (including phenoxy) is 1. The molecule has 196 valence electrons. The van der Waals surface area contributed by atoms with Gasteiger partial charge in [-0.2, -0.15) is 0 Å². The lowest BCUT2D eigenvalue weighted by Gasteiger charge is -2.35. The fraction of sp³-hybridized carbons (Fsp3) is 0.407. The maximum atomic E-state index is 14.9. The normalized spacial score (nSPS) is 22.4. The highest BCUT2D eigenvalue weighted by atomic mass is 35.5. The molecule has 1 aliphatic carbocycles. The minimum atomic E-state index is -1.35. The van der Waals surface area contributed by atoms with Crippen molar-refractivity contribution in [3.63, 3.8) is 0 Å². The Bertz CT molecular complexity index is 1500. The molecule has 0 unspecified atom stereocenters. The molecular weight excluding hydrogens is 500 g/mol. The van der Waals surface area contributed by atoms with Gasteiger partial charge in [-0.1, -0.05) is 18.5 Å². The highest BCUT2D eigenvalue weighted by Gasteiger charge is 2.47. The van der Waals surface area contributed by atoms with Crippen LogP contribution >= 0.6 is 11.6 Å². The van der Waals surface area contributed by atoms with Crippen LogP contribution in [0.15, 0.2) is 36.7 Å². The monoisotopic (exact) mass is 529 g/mol. The molecule has 0 radical (unpaired) electrons. The summed E-state index contributed by atoms with van der Waals surface area (Å²) < 4.78 is 37.7. The number of rotatable bonds is 6. The Kier molecular flexibility index (Phi) is 6.29. The summed E-state index contributed by atoms with van der Waals surface area (Å²) in [4.78, 5) is 8.16. The van der Waals surface area contributed by atoms with Crippen LogP contribution in [0.2, 0.25) is 5.02 Å². The first-order chi connectivity index (χ1) is 17.3. The van der Waals surface area contributed by atoms with E-state index in [1.165, 1.54) is 12.1 Å². The zero-order chi connectivity index (χ0) is 26.7. The van der Waals surface area contributed by atoms with Crippen molar-refractivity contribution in [2.45, 2.75) is 64.4 Å². The predicted octanol–water partition coefficient (Wildman–Crippen LogP) is 5.77. The molecule has 1 aliphatic rings. The first-order valence-electron chi connectivity index (χ1n) is 12.2. The molecule has 37 heavy (non-hydrogen) atoms. The molecule has 0 bridgehead atoms. The number of pyridine rings is 2. The number of aliphatic hydroxyl groups is 1. The first-order valence-corrected chi connectivity index (χ1v) is 12.6. The summed E-state index contributed by atoms with van der Waals surface area (Å²) in [7, 11) is 0. The van der Waals surface area contributed by atoms with Crippen LogP contribution in [0.1, 0.15) is 51.6 Å². The number of fused-ring (bicyclic) bond motifs is 2. The van der Waals surface area contributed by atoms with Crippen molar-refractivity contribution in [1.29, 1.82) is 0 Å². The van der Waals surface area contributed by atoms with Crippen LogP contribution < -0.4 is 11.5 Å². The van der Waals surface area contributed by atoms with Crippen LogP contribution in [0.5, 0.6) is 0 Å². The maximum Gasteiger partial charge on any atom is 0.165 e. The summed E-state index contributed by atoms with van der Waals surface area (Å²) in [6.07, 6.45) is 5.05. The van der Waals surface area contributed by atoms with E-state index in [0.717, 1.165) is 11.8 Å². The summed E-state index contributed by atoms with van der Waals surface area (Å²) in [5.74, 6) is -1.79. The van der Waals surface area contributed by atoms with E-state index in [4.69, 9.17) is 27.8 Å². The van der Waals surface area contributed by atoms with E-state index in [9.17, 15) is 13.9 Å². The molecule has 1 saturated carbocycles. The molecule has 5 N–H and O–H groups in total. The largest absolute Gasteiger partial charge is 0.383 e. The molecule has 7 nitrogen and oxygen atoms in total. The van der Waals surface area contributed by atoms with E-state index in [0.29, 0.717) is 47.5 Å². The Morgan fingerprint density at radius 1 is 1.19 bits per heavy atom. The van der Waals surface area contributed by atoms with Gasteiger partial charge < -0.3 is 25.9 Å². The van der Waals surface area contributed by atoms with Crippen LogP contribution in [-0.4, -0.2) is 31.5 Å². The molecule has 0 aliphatic heterocycles. The second kappa shape index (κ2) is 9.08. The topological polar surface area (TPSA) is 112 Å². The van der Waals surface area contributed by atoms with Crippen molar-refractivity contribution in [1.82, 2.24) is 14.5 Å². The Labute approximate surface area is 218 Å². The van der Waals surface area contributed by atoms with Crippen LogP contribution in [0, 0.1) is 17.0 Å². The Hall–Kier alpha value is -3.01. The second-order valence-electron chi connectivity index (χ2n) is 10.8. The summed E-state index contributed by atoms with van der Waals surface area (Å²) >= 11 is 6.02. The van der Waals surface area contributed by atoms with Gasteiger partial charge in [0.25, 0.3) is 0 Å². The highest BCUT2D eigenvalue weighted by molar-refractivity contribution is 6.33. The van der Waals surface area contributed by atoms with Crippen molar-refractivity contribution in [2.24, 2.45) is 5.41 Å². The molecule has 3 aromatic heterocycles. The number of anilines is 2. The molecule has 10 heteroatoms. The van der Waals surface area contributed by atoms with Gasteiger partial charge in [-0.3, -0.25) is 0 Å². The van der Waals surface area contributed by atoms with Crippen molar-refractivity contribution >= 4 is 45.0 Å². The number of hydrogen-bond acceptors (Lipinski definition) is 6. The van der Waals surface area contributed by atoms with Gasteiger partial charge in [0.1, 0.15) is 17.5 Å². The van der Waals surface area contributed by atoms with E-state index in [1.54, 1.807) is 19.9 Å². The van der Waals surface area contributed by atoms with E-state index in [2.05, 4.69) is 16.9 Å². The van der Waals surface area contributed by atoms with Crippen LogP contribution in [0.4, 0.5) is 20.4 Å². The number of hydrogen-bond donors (Lipinski definition) is 3. The van der Waals surface area contributed by atoms with Gasteiger partial charge in [-0.05, 0) is 74.8 Å². The van der Waals surface area contributed by atoms with Gasteiger partial charge in [0.05, 0.1) is 28.4 Å². The molecule has 0 spiro atoms. The molecule has 0 amide bonds. The Balaban J connectivity index is 1.45. The van der Waals surface area contributed by atoms with E-state index < -0.39 is 22.8 Å². The molecule has 1 aromatic carbocycles. The standard InChI is InChI=1S/C27H30ClF2N5O2/c1-26(2,36)37-22-10-15(35-7-5-16-23(35)20(30)13-33-24(16)31)12-27(22,3)6-4-14-8-19(29)17-11-18(28)25(32)34-21(17)9-14/h5,7-9,11,13,15,22,36H,4,6,10,12H2,1-3H3,(H2,31,33)(H2,32,34)/t15-,22-,27-/m0/s1. The summed E-state index contributed by atoms with van der Waals surface area (Å²) in [6.45, 7) is 5.28. The molecule has 3 atom stereocenters. The highest BCUT2D eigenvalue weighted by Crippen LogP contribution is 2.50. The Morgan fingerprint density at radius 2 is 1.95 bits per heavy atom. The second-order valence-corrected chi connectivity index (χ2v) is 11.2. The zero-order valence-electron chi connectivity index (χ0n) is 20.9. The SMILES string of the molecule is CC(C)(O)O[C@H]1C[C@H](n2ccc3c(N)ncc(F)c32)C[C@]1(C)CCc1cc(F)c2cc(Cl)c(N)nc2c1. The smallest absolute Gasteiger partial charge is 0.165 e. The predicted molar refractivity (Wildman–Crippen MR) is 141 cm³/mol. The van der Waals surface area contributed by atoms with Gasteiger partial charge in [0, 0.05) is 23.0 Å².